The van der Waals surface area contributed by atoms with Gasteiger partial charge in [0, 0.05) is 17.0 Å². The van der Waals surface area contributed by atoms with Gasteiger partial charge in [-0.15, -0.1) is 0 Å². The van der Waals surface area contributed by atoms with E-state index in [9.17, 15) is 9.50 Å². The second-order valence-corrected chi connectivity index (χ2v) is 7.88. The lowest BCUT2D eigenvalue weighted by atomic mass is 9.93. The van der Waals surface area contributed by atoms with E-state index in [0.717, 1.165) is 39.2 Å². The molecule has 0 aliphatic carbocycles. The Kier molecular flexibility index (Phi) is 5.26. The molecule has 3 aromatic rings. The molecular weight excluding hydrogens is 353 g/mol. The van der Waals surface area contributed by atoms with E-state index in [4.69, 9.17) is 4.74 Å². The van der Waals surface area contributed by atoms with Gasteiger partial charge in [-0.05, 0) is 100 Å². The summed E-state index contributed by atoms with van der Waals surface area (Å²) >= 11 is 0. The lowest BCUT2D eigenvalue weighted by Crippen LogP contribution is -2.15. The van der Waals surface area contributed by atoms with Crippen molar-refractivity contribution in [1.29, 1.82) is 0 Å². The van der Waals surface area contributed by atoms with Crippen LogP contribution in [0.4, 0.5) is 4.39 Å². The first-order valence-corrected chi connectivity index (χ1v) is 9.32. The molecular formula is C24H26FNO2. The summed E-state index contributed by atoms with van der Waals surface area (Å²) in [5.41, 5.74) is 4.91. The summed E-state index contributed by atoms with van der Waals surface area (Å²) in [6.45, 7) is 11.1. The van der Waals surface area contributed by atoms with E-state index in [0.29, 0.717) is 11.5 Å². The maximum absolute atomic E-state index is 13.7. The predicted octanol–water partition coefficient (Wildman–Crippen LogP) is 6.14. The van der Waals surface area contributed by atoms with Gasteiger partial charge >= 0.3 is 0 Å². The van der Waals surface area contributed by atoms with Gasteiger partial charge in [-0.25, -0.2) is 4.39 Å². The van der Waals surface area contributed by atoms with E-state index in [1.54, 1.807) is 13.8 Å². The number of halogens is 1. The highest BCUT2D eigenvalue weighted by molar-refractivity contribution is 5.72. The minimum absolute atomic E-state index is 0.277. The number of aromatic nitrogens is 1. The first kappa shape index (κ1) is 20.0. The Morgan fingerprint density at radius 1 is 0.893 bits per heavy atom. The second kappa shape index (κ2) is 7.36. The molecule has 3 rings (SSSR count). The van der Waals surface area contributed by atoms with E-state index >= 15 is 0 Å². The summed E-state index contributed by atoms with van der Waals surface area (Å²) in [5, 5.41) is 10.5. The highest BCUT2D eigenvalue weighted by Gasteiger charge is 2.20. The summed E-state index contributed by atoms with van der Waals surface area (Å²) in [7, 11) is 0. The van der Waals surface area contributed by atoms with Crippen LogP contribution in [-0.4, -0.2) is 10.1 Å². The summed E-state index contributed by atoms with van der Waals surface area (Å²) in [5.74, 6) is 1.01. The number of aliphatic hydroxyl groups is 1. The maximum atomic E-state index is 13.7. The molecule has 28 heavy (non-hydrogen) atoms. The standard InChI is InChI=1S/C24H26FNO2/c1-14-9-20(25)10-15(2)23(14)28-22-8-7-19(24(5,6)27)13-21(22)18-11-16(3)26-17(4)12-18/h7-13,27H,1-6H3. The first-order chi connectivity index (χ1) is 13.0. The molecule has 0 bridgehead atoms. The van der Waals surface area contributed by atoms with Crippen molar-refractivity contribution in [3.05, 3.63) is 76.4 Å². The van der Waals surface area contributed by atoms with Gasteiger partial charge < -0.3 is 9.84 Å². The lowest BCUT2D eigenvalue weighted by Gasteiger charge is -2.21. The van der Waals surface area contributed by atoms with Gasteiger partial charge in [-0.2, -0.15) is 0 Å². The monoisotopic (exact) mass is 379 g/mol. The van der Waals surface area contributed by atoms with Crippen molar-refractivity contribution in [1.82, 2.24) is 4.98 Å². The van der Waals surface area contributed by atoms with E-state index in [2.05, 4.69) is 4.98 Å². The van der Waals surface area contributed by atoms with Crippen molar-refractivity contribution in [2.45, 2.75) is 47.1 Å². The summed E-state index contributed by atoms with van der Waals surface area (Å²) in [4.78, 5) is 4.45. The van der Waals surface area contributed by atoms with E-state index < -0.39 is 5.60 Å². The largest absolute Gasteiger partial charge is 0.456 e. The van der Waals surface area contributed by atoms with Gasteiger partial charge in [0.05, 0.1) is 5.60 Å². The van der Waals surface area contributed by atoms with Crippen molar-refractivity contribution >= 4 is 0 Å². The Balaban J connectivity index is 2.18. The molecule has 0 aliphatic heterocycles. The molecule has 0 radical (unpaired) electrons. The normalized spacial score (nSPS) is 11.6. The average molecular weight is 379 g/mol. The van der Waals surface area contributed by atoms with Gasteiger partial charge in [-0.1, -0.05) is 6.07 Å². The van der Waals surface area contributed by atoms with Gasteiger partial charge in [-0.3, -0.25) is 4.98 Å². The topological polar surface area (TPSA) is 42.4 Å². The van der Waals surface area contributed by atoms with Crippen molar-refractivity contribution < 1.29 is 14.2 Å². The molecule has 0 saturated carbocycles. The zero-order valence-electron chi connectivity index (χ0n) is 17.2. The van der Waals surface area contributed by atoms with Crippen LogP contribution in [0.15, 0.2) is 42.5 Å². The van der Waals surface area contributed by atoms with Crippen molar-refractivity contribution in [2.24, 2.45) is 0 Å². The van der Waals surface area contributed by atoms with Crippen molar-refractivity contribution in [3.63, 3.8) is 0 Å². The minimum atomic E-state index is -0.980. The van der Waals surface area contributed by atoms with Crippen LogP contribution >= 0.6 is 0 Å². The molecule has 0 unspecified atom stereocenters. The van der Waals surface area contributed by atoms with Crippen LogP contribution in [0.25, 0.3) is 11.1 Å². The Hall–Kier alpha value is -2.72. The predicted molar refractivity (Wildman–Crippen MR) is 110 cm³/mol. The molecule has 1 aromatic heterocycles. The Labute approximate surface area is 165 Å². The quantitative estimate of drug-likeness (QED) is 0.592. The molecule has 0 spiro atoms. The third kappa shape index (κ3) is 4.23. The Morgan fingerprint density at radius 3 is 2.00 bits per heavy atom. The molecule has 4 heteroatoms. The van der Waals surface area contributed by atoms with Crippen molar-refractivity contribution in [3.8, 4) is 22.6 Å². The fraction of sp³-hybridized carbons (Fsp3) is 0.292. The van der Waals surface area contributed by atoms with E-state index in [-0.39, 0.29) is 5.82 Å². The molecule has 0 amide bonds. The Morgan fingerprint density at radius 2 is 1.46 bits per heavy atom. The van der Waals surface area contributed by atoms with E-state index in [1.807, 2.05) is 58.0 Å². The Bertz CT molecular complexity index is 992. The molecule has 1 heterocycles. The number of aryl methyl sites for hydroxylation is 4. The van der Waals surface area contributed by atoms with Crippen LogP contribution in [0.2, 0.25) is 0 Å². The molecule has 3 nitrogen and oxygen atoms in total. The zero-order valence-corrected chi connectivity index (χ0v) is 17.2. The number of pyridine rings is 1. The number of benzene rings is 2. The average Bonchev–Trinajstić information content (AvgIpc) is 2.56. The van der Waals surface area contributed by atoms with Crippen LogP contribution < -0.4 is 4.74 Å². The molecule has 0 atom stereocenters. The smallest absolute Gasteiger partial charge is 0.135 e. The molecule has 0 fully saturated rings. The fourth-order valence-electron chi connectivity index (χ4n) is 3.38. The molecule has 1 N–H and O–H groups in total. The van der Waals surface area contributed by atoms with Gasteiger partial charge in [0.25, 0.3) is 0 Å². The lowest BCUT2D eigenvalue weighted by molar-refractivity contribution is 0.0786. The second-order valence-electron chi connectivity index (χ2n) is 7.88. The highest BCUT2D eigenvalue weighted by Crippen LogP contribution is 2.39. The number of rotatable bonds is 4. The van der Waals surface area contributed by atoms with Crippen LogP contribution in [0.5, 0.6) is 11.5 Å². The molecule has 0 saturated heterocycles. The first-order valence-electron chi connectivity index (χ1n) is 9.32. The number of nitrogens with zero attached hydrogens (tertiary/aromatic N) is 1. The van der Waals surface area contributed by atoms with Crippen LogP contribution in [0.3, 0.4) is 0 Å². The molecule has 146 valence electrons. The van der Waals surface area contributed by atoms with E-state index in [1.165, 1.54) is 12.1 Å². The van der Waals surface area contributed by atoms with Crippen LogP contribution in [0.1, 0.15) is 41.9 Å². The summed E-state index contributed by atoms with van der Waals surface area (Å²) in [6.07, 6.45) is 0. The third-order valence-electron chi connectivity index (χ3n) is 4.72. The van der Waals surface area contributed by atoms with Crippen LogP contribution in [-0.2, 0) is 5.60 Å². The van der Waals surface area contributed by atoms with Gasteiger partial charge in [0.1, 0.15) is 17.3 Å². The number of hydrogen-bond acceptors (Lipinski definition) is 3. The molecule has 0 aliphatic rings. The molecule has 2 aromatic carbocycles. The highest BCUT2D eigenvalue weighted by atomic mass is 19.1. The van der Waals surface area contributed by atoms with Crippen LogP contribution in [0, 0.1) is 33.5 Å². The number of hydrogen-bond donors (Lipinski definition) is 1. The minimum Gasteiger partial charge on any atom is -0.456 e. The van der Waals surface area contributed by atoms with Gasteiger partial charge in [0.2, 0.25) is 0 Å². The summed E-state index contributed by atoms with van der Waals surface area (Å²) in [6, 6.07) is 12.6. The SMILES string of the molecule is Cc1cc(-c2cc(C(C)(C)O)ccc2Oc2c(C)cc(F)cc2C)cc(C)n1. The number of ether oxygens (including phenoxy) is 1. The third-order valence-corrected chi connectivity index (χ3v) is 4.72. The van der Waals surface area contributed by atoms with Gasteiger partial charge in [0.15, 0.2) is 0 Å². The van der Waals surface area contributed by atoms with Crippen molar-refractivity contribution in [2.75, 3.05) is 0 Å². The fourth-order valence-corrected chi connectivity index (χ4v) is 3.38. The maximum Gasteiger partial charge on any atom is 0.135 e. The zero-order chi connectivity index (χ0) is 20.6. The summed E-state index contributed by atoms with van der Waals surface area (Å²) < 4.78 is 19.9.